The minimum Gasteiger partial charge on any atom is -0.325 e. The largest absolute Gasteiger partial charge is 0.325 e. The van der Waals surface area contributed by atoms with Gasteiger partial charge in [0.2, 0.25) is 5.91 Å². The second-order valence-electron chi connectivity index (χ2n) is 3.94. The molecule has 0 spiro atoms. The Hall–Kier alpha value is -0.590. The molecule has 0 aromatic heterocycles. The minimum absolute atomic E-state index is 0.0880. The second-order valence-corrected chi connectivity index (χ2v) is 6.45. The Kier molecular flexibility index (Phi) is 5.24. The van der Waals surface area contributed by atoms with Crippen LogP contribution in [0.2, 0.25) is 5.02 Å². The Bertz CT molecular complexity index is 618. The molecule has 19 heavy (non-hydrogen) atoms. The molecule has 0 unspecified atom stereocenters. The van der Waals surface area contributed by atoms with Crippen molar-refractivity contribution in [2.45, 2.75) is 6.42 Å². The number of nitrogens with one attached hydrogen (secondary N) is 1. The van der Waals surface area contributed by atoms with Crippen LogP contribution >= 0.6 is 50.1 Å². The predicted molar refractivity (Wildman–Crippen MR) is 90.6 cm³/mol. The first-order valence-electron chi connectivity index (χ1n) is 5.54. The molecule has 2 aromatic carbocycles. The van der Waals surface area contributed by atoms with Crippen LogP contribution in [0.1, 0.15) is 5.56 Å². The van der Waals surface area contributed by atoms with E-state index >= 15 is 0 Å². The molecule has 98 valence electrons. The zero-order valence-electron chi connectivity index (χ0n) is 9.79. The van der Waals surface area contributed by atoms with Crippen molar-refractivity contribution < 1.29 is 4.79 Å². The molecule has 0 saturated heterocycles. The molecule has 0 atom stereocenters. The van der Waals surface area contributed by atoms with Gasteiger partial charge in [0, 0.05) is 13.1 Å². The third-order valence-corrected chi connectivity index (χ3v) is 4.21. The summed E-state index contributed by atoms with van der Waals surface area (Å²) in [7, 11) is 0. The number of anilines is 1. The van der Waals surface area contributed by atoms with Gasteiger partial charge in [-0.15, -0.1) is 0 Å². The molecule has 0 aliphatic rings. The molecular weight excluding hydrogens is 440 g/mol. The summed E-state index contributed by atoms with van der Waals surface area (Å²) < 4.78 is 1.97. The Morgan fingerprint density at radius 2 is 2.00 bits per heavy atom. The van der Waals surface area contributed by atoms with Crippen molar-refractivity contribution in [1.82, 2.24) is 0 Å². The van der Waals surface area contributed by atoms with E-state index in [1.165, 1.54) is 0 Å². The molecule has 0 saturated carbocycles. The highest BCUT2D eigenvalue weighted by molar-refractivity contribution is 14.1. The molecule has 2 nitrogen and oxygen atoms in total. The Balaban J connectivity index is 2.08. The van der Waals surface area contributed by atoms with Gasteiger partial charge < -0.3 is 5.32 Å². The molecule has 5 heteroatoms. The van der Waals surface area contributed by atoms with Crippen molar-refractivity contribution in [2.24, 2.45) is 0 Å². The van der Waals surface area contributed by atoms with Gasteiger partial charge in [-0.25, -0.2) is 0 Å². The van der Waals surface area contributed by atoms with Gasteiger partial charge >= 0.3 is 0 Å². The van der Waals surface area contributed by atoms with Crippen LogP contribution in [0, 0.1) is 3.57 Å². The maximum atomic E-state index is 12.0. The van der Waals surface area contributed by atoms with E-state index in [9.17, 15) is 4.79 Å². The lowest BCUT2D eigenvalue weighted by molar-refractivity contribution is -0.115. The van der Waals surface area contributed by atoms with E-state index in [1.807, 2.05) is 36.4 Å². The molecule has 0 radical (unpaired) electrons. The van der Waals surface area contributed by atoms with Crippen LogP contribution in [0.4, 0.5) is 5.69 Å². The van der Waals surface area contributed by atoms with Crippen LogP contribution in [0.25, 0.3) is 0 Å². The van der Waals surface area contributed by atoms with E-state index in [4.69, 9.17) is 11.6 Å². The van der Waals surface area contributed by atoms with E-state index in [2.05, 4.69) is 43.8 Å². The molecule has 2 rings (SSSR count). The minimum atomic E-state index is -0.0880. The molecule has 0 aliphatic carbocycles. The molecule has 0 heterocycles. The van der Waals surface area contributed by atoms with E-state index in [0.29, 0.717) is 5.02 Å². The van der Waals surface area contributed by atoms with Crippen LogP contribution in [0.15, 0.2) is 46.9 Å². The van der Waals surface area contributed by atoms with Gasteiger partial charge in [0.15, 0.2) is 0 Å². The number of carbonyl (C=O) groups excluding carboxylic acids is 1. The lowest BCUT2D eigenvalue weighted by atomic mass is 10.1. The first-order chi connectivity index (χ1) is 9.06. The first kappa shape index (κ1) is 14.8. The highest BCUT2D eigenvalue weighted by Crippen LogP contribution is 2.25. The van der Waals surface area contributed by atoms with Crippen LogP contribution in [0.5, 0.6) is 0 Å². The fourth-order valence-corrected chi connectivity index (χ4v) is 3.20. The molecule has 1 N–H and O–H groups in total. The van der Waals surface area contributed by atoms with E-state index in [-0.39, 0.29) is 12.3 Å². The number of carbonyl (C=O) groups is 1. The summed E-state index contributed by atoms with van der Waals surface area (Å²) >= 11 is 11.7. The van der Waals surface area contributed by atoms with Crippen molar-refractivity contribution in [3.8, 4) is 0 Å². The van der Waals surface area contributed by atoms with Gasteiger partial charge in [0.25, 0.3) is 0 Å². The van der Waals surface area contributed by atoms with Crippen LogP contribution in [0.3, 0.4) is 0 Å². The Labute approximate surface area is 138 Å². The van der Waals surface area contributed by atoms with Crippen molar-refractivity contribution in [3.05, 3.63) is 61.1 Å². The summed E-state index contributed by atoms with van der Waals surface area (Å²) in [5.74, 6) is -0.0880. The fourth-order valence-electron chi connectivity index (χ4n) is 1.60. The van der Waals surface area contributed by atoms with E-state index in [0.717, 1.165) is 19.3 Å². The number of hydrogen-bond donors (Lipinski definition) is 1. The zero-order valence-corrected chi connectivity index (χ0v) is 14.3. The maximum Gasteiger partial charge on any atom is 0.228 e. The molecular formula is C14H10BrClINO. The summed E-state index contributed by atoms with van der Waals surface area (Å²) in [4.78, 5) is 12.0. The third kappa shape index (κ3) is 4.19. The lowest BCUT2D eigenvalue weighted by Crippen LogP contribution is -2.15. The lowest BCUT2D eigenvalue weighted by Gasteiger charge is -2.08. The monoisotopic (exact) mass is 449 g/mol. The fraction of sp³-hybridized carbons (Fsp3) is 0.0714. The number of halogens is 3. The van der Waals surface area contributed by atoms with Crippen LogP contribution in [-0.4, -0.2) is 5.91 Å². The molecule has 0 fully saturated rings. The Morgan fingerprint density at radius 1 is 1.26 bits per heavy atom. The number of amides is 1. The SMILES string of the molecule is O=C(Cc1ccccc1Cl)Nc1ccc(I)cc1Br. The standard InChI is InChI=1S/C14H10BrClINO/c15-11-8-10(17)5-6-13(11)18-14(19)7-9-3-1-2-4-12(9)16/h1-6,8H,7H2,(H,18,19). The molecule has 0 aliphatic heterocycles. The quantitative estimate of drug-likeness (QED) is 0.663. The highest BCUT2D eigenvalue weighted by atomic mass is 127. The van der Waals surface area contributed by atoms with Gasteiger partial charge in [0.1, 0.15) is 0 Å². The van der Waals surface area contributed by atoms with Gasteiger partial charge in [-0.05, 0) is 68.3 Å². The van der Waals surface area contributed by atoms with Crippen molar-refractivity contribution >= 4 is 61.7 Å². The Morgan fingerprint density at radius 3 is 2.68 bits per heavy atom. The van der Waals surface area contributed by atoms with Gasteiger partial charge in [-0.3, -0.25) is 4.79 Å². The van der Waals surface area contributed by atoms with E-state index in [1.54, 1.807) is 6.07 Å². The van der Waals surface area contributed by atoms with Crippen LogP contribution in [-0.2, 0) is 11.2 Å². The summed E-state index contributed by atoms with van der Waals surface area (Å²) in [6.07, 6.45) is 0.262. The smallest absolute Gasteiger partial charge is 0.228 e. The van der Waals surface area contributed by atoms with Gasteiger partial charge in [-0.1, -0.05) is 29.8 Å². The molecule has 0 bridgehead atoms. The van der Waals surface area contributed by atoms with Gasteiger partial charge in [-0.2, -0.15) is 0 Å². The number of rotatable bonds is 3. The third-order valence-electron chi connectivity index (χ3n) is 2.51. The average Bonchev–Trinajstić information content (AvgIpc) is 2.36. The first-order valence-corrected chi connectivity index (χ1v) is 7.79. The summed E-state index contributed by atoms with van der Waals surface area (Å²) in [6, 6.07) is 13.1. The van der Waals surface area contributed by atoms with Crippen molar-refractivity contribution in [1.29, 1.82) is 0 Å². The van der Waals surface area contributed by atoms with Crippen molar-refractivity contribution in [2.75, 3.05) is 5.32 Å². The summed E-state index contributed by atoms with van der Waals surface area (Å²) in [5, 5.41) is 3.48. The topological polar surface area (TPSA) is 29.1 Å². The van der Waals surface area contributed by atoms with Gasteiger partial charge in [0.05, 0.1) is 12.1 Å². The predicted octanol–water partition coefficient (Wildman–Crippen LogP) is 4.89. The average molecular weight is 451 g/mol. The van der Waals surface area contributed by atoms with Crippen LogP contribution < -0.4 is 5.32 Å². The summed E-state index contributed by atoms with van der Waals surface area (Å²) in [5.41, 5.74) is 1.58. The normalized spacial score (nSPS) is 10.3. The number of benzene rings is 2. The summed E-state index contributed by atoms with van der Waals surface area (Å²) in [6.45, 7) is 0. The van der Waals surface area contributed by atoms with Crippen molar-refractivity contribution in [3.63, 3.8) is 0 Å². The molecule has 1 amide bonds. The van der Waals surface area contributed by atoms with E-state index < -0.39 is 0 Å². The second kappa shape index (κ2) is 6.72. The molecule has 2 aromatic rings. The zero-order chi connectivity index (χ0) is 13.8. The highest BCUT2D eigenvalue weighted by Gasteiger charge is 2.09. The maximum absolute atomic E-state index is 12.0. The number of hydrogen-bond acceptors (Lipinski definition) is 1.